The lowest BCUT2D eigenvalue weighted by Gasteiger charge is -2.19. The number of ketones is 1. The van der Waals surface area contributed by atoms with Gasteiger partial charge in [0, 0.05) is 37.8 Å². The third-order valence-electron chi connectivity index (χ3n) is 4.96. The van der Waals surface area contributed by atoms with Crippen molar-refractivity contribution in [3.05, 3.63) is 89.0 Å². The summed E-state index contributed by atoms with van der Waals surface area (Å²) in [7, 11) is 1.90. The van der Waals surface area contributed by atoms with E-state index in [1.165, 1.54) is 0 Å². The Kier molecular flexibility index (Phi) is 6.04. The molecule has 144 valence electrons. The maximum absolute atomic E-state index is 12.6. The van der Waals surface area contributed by atoms with Crippen LogP contribution in [0, 0.1) is 13.8 Å². The number of nitrogens with zero attached hydrogens (tertiary/aromatic N) is 2. The summed E-state index contributed by atoms with van der Waals surface area (Å²) in [5.74, 6) is 0.556. The molecule has 3 rings (SSSR count). The van der Waals surface area contributed by atoms with Gasteiger partial charge in [0.05, 0.1) is 0 Å². The second-order valence-electron chi connectivity index (χ2n) is 7.03. The van der Waals surface area contributed by atoms with E-state index in [2.05, 4.69) is 10.3 Å². The lowest BCUT2D eigenvalue weighted by molar-refractivity contribution is -0.121. The van der Waals surface area contributed by atoms with Crippen LogP contribution in [0.5, 0.6) is 0 Å². The number of aromatic nitrogens is 2. The summed E-state index contributed by atoms with van der Waals surface area (Å²) in [6.07, 6.45) is 3.87. The van der Waals surface area contributed by atoms with Gasteiger partial charge in [-0.25, -0.2) is 4.98 Å². The highest BCUT2D eigenvalue weighted by molar-refractivity contribution is 5.98. The van der Waals surface area contributed by atoms with E-state index in [1.807, 2.05) is 80.2 Å². The van der Waals surface area contributed by atoms with Crippen molar-refractivity contribution in [2.45, 2.75) is 32.7 Å². The minimum absolute atomic E-state index is 0.0218. The quantitative estimate of drug-likeness (QED) is 0.637. The molecule has 1 aromatic heterocycles. The molecule has 0 saturated carbocycles. The third kappa shape index (κ3) is 4.55. The van der Waals surface area contributed by atoms with Crippen LogP contribution >= 0.6 is 0 Å². The molecular formula is C23H25N3O2. The first kappa shape index (κ1) is 19.5. The molecule has 0 aliphatic heterocycles. The van der Waals surface area contributed by atoms with Crippen molar-refractivity contribution in [1.82, 2.24) is 14.9 Å². The van der Waals surface area contributed by atoms with Gasteiger partial charge in [-0.1, -0.05) is 42.5 Å². The number of aryl methyl sites for hydroxylation is 3. The fourth-order valence-corrected chi connectivity index (χ4v) is 3.12. The Morgan fingerprint density at radius 3 is 2.43 bits per heavy atom. The Bertz CT molecular complexity index is 977. The molecule has 3 aromatic rings. The van der Waals surface area contributed by atoms with Gasteiger partial charge in [0.25, 0.3) is 0 Å². The minimum atomic E-state index is -0.356. The number of hydrogen-bond acceptors (Lipinski definition) is 3. The number of carbonyl (C=O) groups excluding carboxylic acids is 2. The van der Waals surface area contributed by atoms with Gasteiger partial charge in [0.15, 0.2) is 5.78 Å². The molecule has 1 N–H and O–H groups in total. The average Bonchev–Trinajstić information content (AvgIpc) is 3.12. The monoisotopic (exact) mass is 375 g/mol. The Balaban J connectivity index is 1.68. The Labute approximate surface area is 165 Å². The number of carbonyl (C=O) groups is 2. The largest absolute Gasteiger partial charge is 0.342 e. The standard InChI is InChI=1S/C23H25N3O2/c1-16-9-10-19(15-17(16)2)20(27)11-12-21(28)25-22(18-7-5-4-6-8-18)23-24-13-14-26(23)3/h4-10,13-15,22H,11-12H2,1-3H3,(H,25,28)/t22-/m0/s1. The molecule has 1 atom stereocenters. The summed E-state index contributed by atoms with van der Waals surface area (Å²) in [6.45, 7) is 3.99. The van der Waals surface area contributed by atoms with Gasteiger partial charge < -0.3 is 9.88 Å². The van der Waals surface area contributed by atoms with E-state index >= 15 is 0 Å². The summed E-state index contributed by atoms with van der Waals surface area (Å²) in [5, 5.41) is 3.03. The van der Waals surface area contributed by atoms with Crippen molar-refractivity contribution < 1.29 is 9.59 Å². The molecular weight excluding hydrogens is 350 g/mol. The van der Waals surface area contributed by atoms with Gasteiger partial charge in [0.1, 0.15) is 11.9 Å². The number of imidazole rings is 1. The third-order valence-corrected chi connectivity index (χ3v) is 4.96. The zero-order chi connectivity index (χ0) is 20.1. The number of amides is 1. The van der Waals surface area contributed by atoms with Crippen LogP contribution in [0.25, 0.3) is 0 Å². The lowest BCUT2D eigenvalue weighted by atomic mass is 10.0. The van der Waals surface area contributed by atoms with Gasteiger partial charge in [-0.05, 0) is 36.6 Å². The number of hydrogen-bond donors (Lipinski definition) is 1. The van der Waals surface area contributed by atoms with E-state index in [1.54, 1.807) is 6.20 Å². The normalized spacial score (nSPS) is 11.8. The van der Waals surface area contributed by atoms with E-state index in [4.69, 9.17) is 0 Å². The van der Waals surface area contributed by atoms with Crippen molar-refractivity contribution in [2.24, 2.45) is 7.05 Å². The SMILES string of the molecule is Cc1ccc(C(=O)CCC(=O)N[C@@H](c2ccccc2)c2nccn2C)cc1C. The zero-order valence-electron chi connectivity index (χ0n) is 16.5. The predicted molar refractivity (Wildman–Crippen MR) is 109 cm³/mol. The van der Waals surface area contributed by atoms with Crippen LogP contribution in [0.3, 0.4) is 0 Å². The van der Waals surface area contributed by atoms with E-state index in [-0.39, 0.29) is 30.6 Å². The molecule has 0 fully saturated rings. The summed E-state index contributed by atoms with van der Waals surface area (Å²) >= 11 is 0. The van der Waals surface area contributed by atoms with E-state index in [0.717, 1.165) is 22.5 Å². The number of Topliss-reactive ketones (excluding diaryl/α,β-unsaturated/α-hetero) is 1. The van der Waals surface area contributed by atoms with Crippen LogP contribution in [0.1, 0.15) is 51.8 Å². The van der Waals surface area contributed by atoms with Crippen LogP contribution in [0.2, 0.25) is 0 Å². The predicted octanol–water partition coefficient (Wildman–Crippen LogP) is 3.91. The first-order valence-electron chi connectivity index (χ1n) is 9.37. The Morgan fingerprint density at radius 1 is 1.04 bits per heavy atom. The zero-order valence-corrected chi connectivity index (χ0v) is 16.5. The highest BCUT2D eigenvalue weighted by Crippen LogP contribution is 2.20. The molecule has 0 spiro atoms. The maximum atomic E-state index is 12.6. The summed E-state index contributed by atoms with van der Waals surface area (Å²) < 4.78 is 1.89. The summed E-state index contributed by atoms with van der Waals surface area (Å²) in [4.78, 5) is 29.4. The second kappa shape index (κ2) is 8.65. The number of benzene rings is 2. The summed E-state index contributed by atoms with van der Waals surface area (Å²) in [6, 6.07) is 15.0. The Morgan fingerprint density at radius 2 is 1.79 bits per heavy atom. The van der Waals surface area contributed by atoms with Crippen LogP contribution in [-0.2, 0) is 11.8 Å². The van der Waals surface area contributed by atoms with Crippen molar-refractivity contribution in [3.8, 4) is 0 Å². The molecule has 1 heterocycles. The second-order valence-corrected chi connectivity index (χ2v) is 7.03. The highest BCUT2D eigenvalue weighted by atomic mass is 16.2. The van der Waals surface area contributed by atoms with Crippen LogP contribution in [0.4, 0.5) is 0 Å². The van der Waals surface area contributed by atoms with E-state index in [0.29, 0.717) is 5.56 Å². The van der Waals surface area contributed by atoms with Crippen LogP contribution in [0.15, 0.2) is 60.9 Å². The molecule has 1 amide bonds. The van der Waals surface area contributed by atoms with Crippen molar-refractivity contribution in [2.75, 3.05) is 0 Å². The first-order chi connectivity index (χ1) is 13.5. The molecule has 0 aliphatic rings. The molecule has 28 heavy (non-hydrogen) atoms. The molecule has 0 aliphatic carbocycles. The van der Waals surface area contributed by atoms with Gasteiger partial charge >= 0.3 is 0 Å². The van der Waals surface area contributed by atoms with Crippen molar-refractivity contribution in [1.29, 1.82) is 0 Å². The highest BCUT2D eigenvalue weighted by Gasteiger charge is 2.21. The minimum Gasteiger partial charge on any atom is -0.342 e. The van der Waals surface area contributed by atoms with E-state index in [9.17, 15) is 9.59 Å². The fraction of sp³-hybridized carbons (Fsp3) is 0.261. The number of nitrogens with one attached hydrogen (secondary N) is 1. The first-order valence-corrected chi connectivity index (χ1v) is 9.37. The van der Waals surface area contributed by atoms with Crippen LogP contribution < -0.4 is 5.32 Å². The van der Waals surface area contributed by atoms with Gasteiger partial charge in [-0.2, -0.15) is 0 Å². The van der Waals surface area contributed by atoms with Crippen molar-refractivity contribution in [3.63, 3.8) is 0 Å². The molecule has 0 saturated heterocycles. The molecule has 2 aromatic carbocycles. The molecule has 0 radical (unpaired) electrons. The van der Waals surface area contributed by atoms with Gasteiger partial charge in [-0.3, -0.25) is 9.59 Å². The van der Waals surface area contributed by atoms with Gasteiger partial charge in [-0.15, -0.1) is 0 Å². The molecule has 5 heteroatoms. The lowest BCUT2D eigenvalue weighted by Crippen LogP contribution is -2.31. The molecule has 0 bridgehead atoms. The molecule has 5 nitrogen and oxygen atoms in total. The summed E-state index contributed by atoms with van der Waals surface area (Å²) in [5.41, 5.74) is 3.83. The topological polar surface area (TPSA) is 64.0 Å². The number of rotatable bonds is 7. The smallest absolute Gasteiger partial charge is 0.221 e. The van der Waals surface area contributed by atoms with Crippen LogP contribution in [-0.4, -0.2) is 21.2 Å². The Hall–Kier alpha value is -3.21. The maximum Gasteiger partial charge on any atom is 0.221 e. The average molecular weight is 375 g/mol. The fourth-order valence-electron chi connectivity index (χ4n) is 3.12. The molecule has 0 unspecified atom stereocenters. The van der Waals surface area contributed by atoms with Gasteiger partial charge in [0.2, 0.25) is 5.91 Å². The van der Waals surface area contributed by atoms with E-state index < -0.39 is 0 Å². The van der Waals surface area contributed by atoms with Crippen molar-refractivity contribution >= 4 is 11.7 Å².